The van der Waals surface area contributed by atoms with E-state index in [1.165, 1.54) is 12.8 Å². The second-order valence-corrected chi connectivity index (χ2v) is 9.36. The van der Waals surface area contributed by atoms with Crippen molar-refractivity contribution >= 4 is 22.3 Å². The average Bonchev–Trinajstić information content (AvgIpc) is 2.86. The number of ether oxygens (including phenoxy) is 2. The fourth-order valence-corrected chi connectivity index (χ4v) is 4.40. The Kier molecular flexibility index (Phi) is 8.58. The molecule has 31 heavy (non-hydrogen) atoms. The molecule has 10 heteroatoms. The van der Waals surface area contributed by atoms with Crippen LogP contribution in [0.4, 0.5) is 0 Å². The van der Waals surface area contributed by atoms with Crippen molar-refractivity contribution in [1.82, 2.24) is 0 Å². The molecular weight excluding hydrogens is 426 g/mol. The number of carbonyl (C=O) groups excluding carboxylic acids is 2. The molecule has 3 atom stereocenters. The Morgan fingerprint density at radius 3 is 2.06 bits per heavy atom. The van der Waals surface area contributed by atoms with Crippen LogP contribution in [0.25, 0.3) is 0 Å². The van der Waals surface area contributed by atoms with Gasteiger partial charge in [0.25, 0.3) is 0 Å². The van der Waals surface area contributed by atoms with Gasteiger partial charge in [-0.2, -0.15) is 0 Å². The molecule has 1 aromatic rings. The smallest absolute Gasteiger partial charge is 0.325 e. The molecule has 0 saturated carbocycles. The molecule has 0 aliphatic carbocycles. The molecular formula is C21H31NO8S. The third kappa shape index (κ3) is 6.73. The van der Waals surface area contributed by atoms with Crippen LogP contribution >= 0.6 is 0 Å². The summed E-state index contributed by atoms with van der Waals surface area (Å²) in [7, 11) is 0.935. The van der Waals surface area contributed by atoms with E-state index in [-0.39, 0.29) is 12.7 Å². The van der Waals surface area contributed by atoms with Crippen molar-refractivity contribution in [3.05, 3.63) is 35.9 Å². The second-order valence-electron chi connectivity index (χ2n) is 8.22. The van der Waals surface area contributed by atoms with Gasteiger partial charge in [0.15, 0.2) is 5.92 Å². The predicted molar refractivity (Wildman–Crippen MR) is 111 cm³/mol. The number of hydrogen-bond donors (Lipinski definition) is 0. The molecule has 0 N–H and O–H groups in total. The summed E-state index contributed by atoms with van der Waals surface area (Å²) in [6.07, 6.45) is 4.02. The van der Waals surface area contributed by atoms with Crippen molar-refractivity contribution in [2.75, 3.05) is 27.8 Å². The molecule has 2 saturated heterocycles. The summed E-state index contributed by atoms with van der Waals surface area (Å²) in [5.74, 6) is -2.02. The van der Waals surface area contributed by atoms with Gasteiger partial charge in [-0.25, -0.2) is 8.42 Å². The maximum Gasteiger partial charge on any atom is 0.325 e. The zero-order chi connectivity index (χ0) is 23.2. The number of nitrogens with zero attached hydrogens (tertiary/aromatic N) is 1. The van der Waals surface area contributed by atoms with E-state index in [0.717, 1.165) is 24.4 Å². The number of esters is 2. The summed E-state index contributed by atoms with van der Waals surface area (Å²) in [6.45, 7) is 1.98. The summed E-state index contributed by atoms with van der Waals surface area (Å²) >= 11 is 0. The number of carbonyl (C=O) groups is 2. The van der Waals surface area contributed by atoms with E-state index in [1.54, 1.807) is 19.1 Å². The lowest BCUT2D eigenvalue weighted by atomic mass is 9.96. The van der Waals surface area contributed by atoms with Gasteiger partial charge in [0.2, 0.25) is 10.4 Å². The standard InChI is InChI=1S/C20H28NO4.CH4O4S/c1-4-24-19(22)18(14-8-6-5-7-9-14)20(23)25-17-12-15-10-11-16(13-17)21(15,2)3;1-5-6(2,3)4/h5-9,15-18H,4,10-13H2,1-3H3;1H3,(H,2,3,4)/q+1;/p-1. The van der Waals surface area contributed by atoms with Crippen LogP contribution in [-0.2, 0) is 33.6 Å². The van der Waals surface area contributed by atoms with Crippen LogP contribution in [0.5, 0.6) is 0 Å². The number of benzene rings is 1. The second kappa shape index (κ2) is 10.5. The minimum Gasteiger partial charge on any atom is -0.726 e. The van der Waals surface area contributed by atoms with Crippen molar-refractivity contribution in [2.24, 2.45) is 0 Å². The fraction of sp³-hybridized carbons (Fsp3) is 0.619. The lowest BCUT2D eigenvalue weighted by molar-refractivity contribution is -0.931. The molecule has 0 radical (unpaired) electrons. The van der Waals surface area contributed by atoms with E-state index < -0.39 is 28.3 Å². The number of quaternary nitrogens is 1. The SMILES string of the molecule is CCOC(=O)C(C(=O)OC1CC2CCC(C1)[N+]2(C)C)c1ccccc1.COS(=O)(=O)[O-]. The van der Waals surface area contributed by atoms with Crippen LogP contribution in [0.3, 0.4) is 0 Å². The van der Waals surface area contributed by atoms with Crippen LogP contribution in [0, 0.1) is 0 Å². The monoisotopic (exact) mass is 457 g/mol. The Morgan fingerprint density at radius 2 is 1.61 bits per heavy atom. The number of hydrogen-bond acceptors (Lipinski definition) is 8. The molecule has 2 aliphatic heterocycles. The number of piperidine rings is 1. The topological polar surface area (TPSA) is 119 Å². The lowest BCUT2D eigenvalue weighted by Crippen LogP contribution is -2.56. The summed E-state index contributed by atoms with van der Waals surface area (Å²) in [6, 6.07) is 10.1. The lowest BCUT2D eigenvalue weighted by Gasteiger charge is -2.43. The Balaban J connectivity index is 0.000000501. The van der Waals surface area contributed by atoms with E-state index >= 15 is 0 Å². The Morgan fingerprint density at radius 1 is 1.10 bits per heavy atom. The fourth-order valence-electron chi connectivity index (χ4n) is 4.40. The van der Waals surface area contributed by atoms with Crippen LogP contribution in [0.2, 0.25) is 0 Å². The predicted octanol–water partition coefficient (Wildman–Crippen LogP) is 1.74. The molecule has 9 nitrogen and oxygen atoms in total. The molecule has 0 amide bonds. The molecule has 2 bridgehead atoms. The number of rotatable bonds is 6. The van der Waals surface area contributed by atoms with Gasteiger partial charge in [-0.15, -0.1) is 0 Å². The first-order valence-electron chi connectivity index (χ1n) is 10.3. The van der Waals surface area contributed by atoms with Gasteiger partial charge in [-0.3, -0.25) is 13.8 Å². The minimum atomic E-state index is -4.41. The highest BCUT2D eigenvalue weighted by Crippen LogP contribution is 2.41. The number of fused-ring (bicyclic) bond motifs is 2. The highest BCUT2D eigenvalue weighted by molar-refractivity contribution is 7.80. The van der Waals surface area contributed by atoms with Gasteiger partial charge in [-0.1, -0.05) is 30.3 Å². The van der Waals surface area contributed by atoms with Crippen molar-refractivity contribution in [1.29, 1.82) is 0 Å². The average molecular weight is 458 g/mol. The quantitative estimate of drug-likeness (QED) is 0.208. The molecule has 3 rings (SSSR count). The van der Waals surface area contributed by atoms with Crippen molar-refractivity contribution < 1.29 is 40.7 Å². The van der Waals surface area contributed by atoms with Crippen LogP contribution in [-0.4, -0.2) is 75.4 Å². The molecule has 0 aromatic heterocycles. The van der Waals surface area contributed by atoms with E-state index in [1.807, 2.05) is 18.2 Å². The maximum atomic E-state index is 12.8. The molecule has 2 aliphatic rings. The minimum absolute atomic E-state index is 0.100. The van der Waals surface area contributed by atoms with E-state index in [4.69, 9.17) is 9.47 Å². The van der Waals surface area contributed by atoms with Crippen molar-refractivity contribution in [3.8, 4) is 0 Å². The first kappa shape index (κ1) is 25.3. The summed E-state index contributed by atoms with van der Waals surface area (Å²) in [4.78, 5) is 25.1. The first-order valence-corrected chi connectivity index (χ1v) is 11.6. The van der Waals surface area contributed by atoms with Gasteiger partial charge < -0.3 is 18.5 Å². The maximum absolute atomic E-state index is 12.8. The van der Waals surface area contributed by atoms with Gasteiger partial charge in [0, 0.05) is 25.7 Å². The summed E-state index contributed by atoms with van der Waals surface area (Å²) in [5, 5.41) is 0. The first-order chi connectivity index (χ1) is 14.5. The van der Waals surface area contributed by atoms with Crippen molar-refractivity contribution in [2.45, 2.75) is 56.7 Å². The zero-order valence-corrected chi connectivity index (χ0v) is 19.2. The molecule has 0 spiro atoms. The summed E-state index contributed by atoms with van der Waals surface area (Å²) < 4.78 is 43.0. The van der Waals surface area contributed by atoms with E-state index in [2.05, 4.69) is 18.3 Å². The van der Waals surface area contributed by atoms with Crippen molar-refractivity contribution in [3.63, 3.8) is 0 Å². The Bertz CT molecular complexity index is 839. The van der Waals surface area contributed by atoms with Crippen LogP contribution < -0.4 is 0 Å². The van der Waals surface area contributed by atoms with E-state index in [9.17, 15) is 22.6 Å². The highest BCUT2D eigenvalue weighted by Gasteiger charge is 2.50. The van der Waals surface area contributed by atoms with Gasteiger partial charge in [0.1, 0.15) is 6.10 Å². The third-order valence-corrected chi connectivity index (χ3v) is 6.57. The molecule has 2 heterocycles. The van der Waals surface area contributed by atoms with Gasteiger partial charge >= 0.3 is 11.9 Å². The molecule has 174 valence electrons. The normalized spacial score (nSPS) is 25.0. The van der Waals surface area contributed by atoms with Gasteiger partial charge in [-0.05, 0) is 12.5 Å². The third-order valence-electron chi connectivity index (χ3n) is 6.16. The molecule has 1 aromatic carbocycles. The molecule has 3 unspecified atom stereocenters. The van der Waals surface area contributed by atoms with Gasteiger partial charge in [0.05, 0.1) is 39.9 Å². The van der Waals surface area contributed by atoms with E-state index in [0.29, 0.717) is 17.6 Å². The Labute approximate surface area is 183 Å². The molecule has 2 fully saturated rings. The highest BCUT2D eigenvalue weighted by atomic mass is 32.3. The largest absolute Gasteiger partial charge is 0.726 e. The van der Waals surface area contributed by atoms with Crippen LogP contribution in [0.15, 0.2) is 30.3 Å². The zero-order valence-electron chi connectivity index (χ0n) is 18.4. The Hall–Kier alpha value is -2.01. The summed E-state index contributed by atoms with van der Waals surface area (Å²) in [5.41, 5.74) is 0.626. The van der Waals surface area contributed by atoms with Crippen LogP contribution in [0.1, 0.15) is 44.1 Å².